The van der Waals surface area contributed by atoms with E-state index in [4.69, 9.17) is 4.74 Å². The maximum atomic E-state index is 6.22. The molecule has 1 aromatic heterocycles. The zero-order chi connectivity index (χ0) is 13.7. The first-order valence-corrected chi connectivity index (χ1v) is 7.50. The molecule has 0 aliphatic heterocycles. The van der Waals surface area contributed by atoms with Gasteiger partial charge in [-0.3, -0.25) is 4.98 Å². The first-order chi connectivity index (χ1) is 9.22. The minimum Gasteiger partial charge on any atom is -0.488 e. The molecule has 1 saturated carbocycles. The maximum absolute atomic E-state index is 6.22. The molecule has 0 amide bonds. The highest BCUT2D eigenvalue weighted by molar-refractivity contribution is 5.29. The van der Waals surface area contributed by atoms with E-state index >= 15 is 0 Å². The highest BCUT2D eigenvalue weighted by Gasteiger charge is 2.22. The maximum Gasteiger partial charge on any atom is 0.142 e. The van der Waals surface area contributed by atoms with Gasteiger partial charge in [-0.05, 0) is 51.3 Å². The fraction of sp³-hybridized carbons (Fsp3) is 0.688. The number of nitrogens with one attached hydrogen (secondary N) is 1. The Balaban J connectivity index is 2.05. The predicted octanol–water partition coefficient (Wildman–Crippen LogP) is 3.46. The van der Waals surface area contributed by atoms with Crippen LogP contribution in [0.25, 0.3) is 0 Å². The van der Waals surface area contributed by atoms with Crippen LogP contribution >= 0.6 is 0 Å². The van der Waals surface area contributed by atoms with Gasteiger partial charge in [0, 0.05) is 12.2 Å². The minimum absolute atomic E-state index is 0.374. The van der Waals surface area contributed by atoms with Gasteiger partial charge in [-0.15, -0.1) is 0 Å². The summed E-state index contributed by atoms with van der Waals surface area (Å²) in [5.41, 5.74) is 2.08. The van der Waals surface area contributed by atoms with Crippen LogP contribution < -0.4 is 10.1 Å². The largest absolute Gasteiger partial charge is 0.488 e. The van der Waals surface area contributed by atoms with Gasteiger partial charge in [0.1, 0.15) is 5.75 Å². The summed E-state index contributed by atoms with van der Waals surface area (Å²) in [5, 5.41) is 3.17. The molecule has 106 valence electrons. The van der Waals surface area contributed by atoms with Crippen molar-refractivity contribution in [3.05, 3.63) is 23.5 Å². The Bertz CT molecular complexity index is 406. The van der Waals surface area contributed by atoms with Crippen molar-refractivity contribution in [3.63, 3.8) is 0 Å². The summed E-state index contributed by atoms with van der Waals surface area (Å²) in [5.74, 6) is 1.80. The molecular weight excluding hydrogens is 236 g/mol. The Morgan fingerprint density at radius 3 is 2.95 bits per heavy atom. The summed E-state index contributed by atoms with van der Waals surface area (Å²) in [4.78, 5) is 4.58. The van der Waals surface area contributed by atoms with Gasteiger partial charge in [0.25, 0.3) is 0 Å². The third-order valence-electron chi connectivity index (χ3n) is 4.02. The van der Waals surface area contributed by atoms with Crippen LogP contribution in [0.4, 0.5) is 0 Å². The second-order valence-electron chi connectivity index (χ2n) is 5.61. The van der Waals surface area contributed by atoms with Crippen LogP contribution in [0, 0.1) is 12.8 Å². The number of pyridine rings is 1. The Morgan fingerprint density at radius 2 is 2.21 bits per heavy atom. The smallest absolute Gasteiger partial charge is 0.142 e. The number of ether oxygens (including phenoxy) is 1. The van der Waals surface area contributed by atoms with Gasteiger partial charge in [0.15, 0.2) is 0 Å². The van der Waals surface area contributed by atoms with Crippen LogP contribution in [0.15, 0.2) is 12.1 Å². The van der Waals surface area contributed by atoms with Crippen LogP contribution in [0.1, 0.15) is 50.4 Å². The SMILES string of the molecule is CCC1CCCC(Oc2ccc(C)nc2CNC)C1. The summed E-state index contributed by atoms with van der Waals surface area (Å²) >= 11 is 0. The third-order valence-corrected chi connectivity index (χ3v) is 4.02. The Kier molecular flexibility index (Phi) is 5.20. The van der Waals surface area contributed by atoms with Gasteiger partial charge in [-0.25, -0.2) is 0 Å². The summed E-state index contributed by atoms with van der Waals surface area (Å²) < 4.78 is 6.22. The Morgan fingerprint density at radius 1 is 1.37 bits per heavy atom. The molecule has 0 saturated heterocycles. The monoisotopic (exact) mass is 262 g/mol. The van der Waals surface area contributed by atoms with E-state index < -0.39 is 0 Å². The lowest BCUT2D eigenvalue weighted by Crippen LogP contribution is -2.26. The van der Waals surface area contributed by atoms with E-state index in [2.05, 4.69) is 23.3 Å². The number of aryl methyl sites for hydroxylation is 1. The van der Waals surface area contributed by atoms with Gasteiger partial charge in [0.2, 0.25) is 0 Å². The van der Waals surface area contributed by atoms with Crippen molar-refractivity contribution >= 4 is 0 Å². The highest BCUT2D eigenvalue weighted by atomic mass is 16.5. The number of aromatic nitrogens is 1. The molecule has 0 aromatic carbocycles. The van der Waals surface area contributed by atoms with Gasteiger partial charge >= 0.3 is 0 Å². The lowest BCUT2D eigenvalue weighted by Gasteiger charge is -2.29. The molecule has 2 rings (SSSR count). The topological polar surface area (TPSA) is 34.1 Å². The predicted molar refractivity (Wildman–Crippen MR) is 78.4 cm³/mol. The molecule has 3 heteroatoms. The zero-order valence-corrected chi connectivity index (χ0v) is 12.4. The van der Waals surface area contributed by atoms with E-state index in [0.717, 1.165) is 29.6 Å². The first-order valence-electron chi connectivity index (χ1n) is 7.50. The lowest BCUT2D eigenvalue weighted by molar-refractivity contribution is 0.120. The van der Waals surface area contributed by atoms with Crippen LogP contribution in [0.2, 0.25) is 0 Å². The van der Waals surface area contributed by atoms with Gasteiger partial charge in [0.05, 0.1) is 11.8 Å². The van der Waals surface area contributed by atoms with E-state index in [1.54, 1.807) is 0 Å². The number of hydrogen-bond acceptors (Lipinski definition) is 3. The van der Waals surface area contributed by atoms with Gasteiger partial charge in [-0.1, -0.05) is 19.8 Å². The van der Waals surface area contributed by atoms with E-state index in [0.29, 0.717) is 6.10 Å². The van der Waals surface area contributed by atoms with Crippen molar-refractivity contribution in [1.29, 1.82) is 0 Å². The molecule has 1 heterocycles. The molecule has 1 N–H and O–H groups in total. The number of rotatable bonds is 5. The van der Waals surface area contributed by atoms with Crippen molar-refractivity contribution in [3.8, 4) is 5.75 Å². The molecule has 1 aliphatic carbocycles. The third kappa shape index (κ3) is 3.93. The quantitative estimate of drug-likeness (QED) is 0.882. The molecule has 2 unspecified atom stereocenters. The van der Waals surface area contributed by atoms with Gasteiger partial charge < -0.3 is 10.1 Å². The summed E-state index contributed by atoms with van der Waals surface area (Å²) in [6, 6.07) is 4.11. The first kappa shape index (κ1) is 14.3. The van der Waals surface area contributed by atoms with E-state index in [9.17, 15) is 0 Å². The molecule has 1 aliphatic rings. The average molecular weight is 262 g/mol. The highest BCUT2D eigenvalue weighted by Crippen LogP contribution is 2.30. The molecule has 0 radical (unpaired) electrons. The molecule has 1 fully saturated rings. The zero-order valence-electron chi connectivity index (χ0n) is 12.4. The molecule has 19 heavy (non-hydrogen) atoms. The summed E-state index contributed by atoms with van der Waals surface area (Å²) in [7, 11) is 1.95. The lowest BCUT2D eigenvalue weighted by atomic mass is 9.85. The van der Waals surface area contributed by atoms with Crippen LogP contribution in [0.3, 0.4) is 0 Å². The molecule has 2 atom stereocenters. The van der Waals surface area contributed by atoms with Crippen LogP contribution in [-0.4, -0.2) is 18.1 Å². The normalized spacial score (nSPS) is 23.3. The van der Waals surface area contributed by atoms with Crippen molar-refractivity contribution in [2.75, 3.05) is 7.05 Å². The summed E-state index contributed by atoms with van der Waals surface area (Å²) in [6.45, 7) is 5.07. The number of hydrogen-bond donors (Lipinski definition) is 1. The minimum atomic E-state index is 0.374. The number of nitrogens with zero attached hydrogens (tertiary/aromatic N) is 1. The second-order valence-corrected chi connectivity index (χ2v) is 5.61. The van der Waals surface area contributed by atoms with E-state index in [1.165, 1.54) is 32.1 Å². The molecule has 0 spiro atoms. The molecule has 0 bridgehead atoms. The van der Waals surface area contributed by atoms with Crippen molar-refractivity contribution in [2.45, 2.75) is 58.6 Å². The van der Waals surface area contributed by atoms with Crippen molar-refractivity contribution in [1.82, 2.24) is 10.3 Å². The van der Waals surface area contributed by atoms with E-state index in [-0.39, 0.29) is 0 Å². The van der Waals surface area contributed by atoms with Crippen molar-refractivity contribution < 1.29 is 4.74 Å². The standard InChI is InChI=1S/C16H26N2O/c1-4-13-6-5-7-14(10-13)19-16-9-8-12(2)18-15(16)11-17-3/h8-9,13-14,17H,4-7,10-11H2,1-3H3. The average Bonchev–Trinajstić information content (AvgIpc) is 2.42. The van der Waals surface area contributed by atoms with Crippen LogP contribution in [0.5, 0.6) is 5.75 Å². The Labute approximate surface area is 116 Å². The molecular formula is C16H26N2O. The van der Waals surface area contributed by atoms with Crippen molar-refractivity contribution in [2.24, 2.45) is 5.92 Å². The van der Waals surface area contributed by atoms with Gasteiger partial charge in [-0.2, -0.15) is 0 Å². The second kappa shape index (κ2) is 6.90. The fourth-order valence-corrected chi connectivity index (χ4v) is 2.90. The van der Waals surface area contributed by atoms with E-state index in [1.807, 2.05) is 20.0 Å². The fourth-order valence-electron chi connectivity index (χ4n) is 2.90. The van der Waals surface area contributed by atoms with Crippen LogP contribution in [-0.2, 0) is 6.54 Å². The Hall–Kier alpha value is -1.09. The summed E-state index contributed by atoms with van der Waals surface area (Å²) in [6.07, 6.45) is 6.69. The molecule has 1 aromatic rings. The molecule has 3 nitrogen and oxygen atoms in total.